The molecule has 0 saturated carbocycles. The number of fused-ring (bicyclic) bond motifs is 1. The first-order chi connectivity index (χ1) is 11.3. The van der Waals surface area contributed by atoms with Gasteiger partial charge >= 0.3 is 0 Å². The Morgan fingerprint density at radius 2 is 1.83 bits per heavy atom. The van der Waals surface area contributed by atoms with Crippen LogP contribution in [0, 0.1) is 0 Å². The molecule has 0 unspecified atom stereocenters. The third-order valence-electron chi connectivity index (χ3n) is 4.88. The van der Waals surface area contributed by atoms with E-state index in [2.05, 4.69) is 53.5 Å². The predicted octanol–water partition coefficient (Wildman–Crippen LogP) is 3.98. The summed E-state index contributed by atoms with van der Waals surface area (Å²) in [6, 6.07) is 13.8. The summed E-state index contributed by atoms with van der Waals surface area (Å²) in [5, 5.41) is 6.02. The van der Waals surface area contributed by atoms with Gasteiger partial charge in [-0.05, 0) is 41.0 Å². The molecule has 2 aromatic rings. The smallest absolute Gasteiger partial charge is 0.119 e. The molecule has 0 aromatic heterocycles. The van der Waals surface area contributed by atoms with Gasteiger partial charge in [0.25, 0.3) is 0 Å². The van der Waals surface area contributed by atoms with Crippen LogP contribution in [0.15, 0.2) is 36.4 Å². The van der Waals surface area contributed by atoms with Gasteiger partial charge in [-0.25, -0.2) is 0 Å². The largest absolute Gasteiger partial charge is 0.497 e. The van der Waals surface area contributed by atoms with Gasteiger partial charge in [0.15, 0.2) is 0 Å². The van der Waals surface area contributed by atoms with E-state index in [-0.39, 0.29) is 0 Å². The molecule has 23 heavy (non-hydrogen) atoms. The molecule has 1 atom stereocenters. The number of rotatable bonds is 6. The molecule has 1 fully saturated rings. The molecule has 0 spiro atoms. The maximum absolute atomic E-state index is 5.33. The quantitative estimate of drug-likeness (QED) is 0.873. The Morgan fingerprint density at radius 3 is 2.57 bits per heavy atom. The van der Waals surface area contributed by atoms with E-state index in [9.17, 15) is 0 Å². The van der Waals surface area contributed by atoms with E-state index in [0.717, 1.165) is 31.9 Å². The molecule has 3 heteroatoms. The normalized spacial score (nSPS) is 17.3. The summed E-state index contributed by atoms with van der Waals surface area (Å²) in [6.45, 7) is 6.78. The summed E-state index contributed by atoms with van der Waals surface area (Å²) in [7, 11) is 1.72. The van der Waals surface area contributed by atoms with Gasteiger partial charge in [-0.1, -0.05) is 38.0 Å². The predicted molar refractivity (Wildman–Crippen MR) is 97.2 cm³/mol. The molecule has 1 N–H and O–H groups in total. The van der Waals surface area contributed by atoms with Crippen LogP contribution in [0.1, 0.15) is 37.8 Å². The summed E-state index contributed by atoms with van der Waals surface area (Å²) in [5.74, 6) is 0.926. The molecule has 0 amide bonds. The van der Waals surface area contributed by atoms with Gasteiger partial charge in [0.05, 0.1) is 7.11 Å². The molecule has 1 saturated heterocycles. The van der Waals surface area contributed by atoms with E-state index >= 15 is 0 Å². The minimum Gasteiger partial charge on any atom is -0.497 e. The van der Waals surface area contributed by atoms with Gasteiger partial charge < -0.3 is 10.1 Å². The van der Waals surface area contributed by atoms with Crippen molar-refractivity contribution in [3.63, 3.8) is 0 Å². The fourth-order valence-corrected chi connectivity index (χ4v) is 3.53. The Balaban J connectivity index is 1.89. The maximum atomic E-state index is 5.33. The molecule has 124 valence electrons. The molecule has 1 heterocycles. The van der Waals surface area contributed by atoms with Crippen molar-refractivity contribution >= 4 is 10.8 Å². The second-order valence-electron chi connectivity index (χ2n) is 6.42. The van der Waals surface area contributed by atoms with E-state index in [0.29, 0.717) is 6.04 Å². The van der Waals surface area contributed by atoms with Gasteiger partial charge in [0, 0.05) is 32.2 Å². The first kappa shape index (κ1) is 16.3. The molecule has 2 aromatic carbocycles. The van der Waals surface area contributed by atoms with Crippen LogP contribution < -0.4 is 10.1 Å². The zero-order chi connectivity index (χ0) is 16.1. The molecular weight excluding hydrogens is 284 g/mol. The topological polar surface area (TPSA) is 24.5 Å². The van der Waals surface area contributed by atoms with E-state index in [1.165, 1.54) is 35.6 Å². The first-order valence-electron chi connectivity index (χ1n) is 8.84. The Hall–Kier alpha value is -1.58. The van der Waals surface area contributed by atoms with Crippen molar-refractivity contribution in [3.05, 3.63) is 42.0 Å². The second kappa shape index (κ2) is 7.80. The highest BCUT2D eigenvalue weighted by Gasteiger charge is 2.21. The van der Waals surface area contributed by atoms with Crippen LogP contribution in [0.25, 0.3) is 10.8 Å². The summed E-state index contributed by atoms with van der Waals surface area (Å²) in [4.78, 5) is 2.65. The molecule has 3 nitrogen and oxygen atoms in total. The van der Waals surface area contributed by atoms with Crippen molar-refractivity contribution in [3.8, 4) is 5.75 Å². The van der Waals surface area contributed by atoms with Crippen LogP contribution in [-0.2, 0) is 0 Å². The number of hydrogen-bond donors (Lipinski definition) is 1. The molecule has 1 aliphatic heterocycles. The van der Waals surface area contributed by atoms with Gasteiger partial charge in [-0.2, -0.15) is 0 Å². The molecule has 0 bridgehead atoms. The second-order valence-corrected chi connectivity index (χ2v) is 6.42. The number of methoxy groups -OCH3 is 1. The average Bonchev–Trinajstić information content (AvgIpc) is 2.62. The van der Waals surface area contributed by atoms with Gasteiger partial charge in [0.2, 0.25) is 0 Å². The van der Waals surface area contributed by atoms with E-state index < -0.39 is 0 Å². The van der Waals surface area contributed by atoms with Gasteiger partial charge in [-0.15, -0.1) is 0 Å². The summed E-state index contributed by atoms with van der Waals surface area (Å²) in [6.07, 6.45) is 3.79. The highest BCUT2D eigenvalue weighted by molar-refractivity contribution is 5.84. The zero-order valence-electron chi connectivity index (χ0n) is 14.3. The maximum Gasteiger partial charge on any atom is 0.119 e. The molecular formula is C20H28N2O. The number of unbranched alkanes of at least 4 members (excludes halogenated alkanes) is 1. The van der Waals surface area contributed by atoms with E-state index in [4.69, 9.17) is 4.74 Å². The zero-order valence-corrected chi connectivity index (χ0v) is 14.3. The van der Waals surface area contributed by atoms with Crippen molar-refractivity contribution < 1.29 is 4.74 Å². The lowest BCUT2D eigenvalue weighted by Crippen LogP contribution is -2.45. The van der Waals surface area contributed by atoms with Crippen LogP contribution >= 0.6 is 0 Å². The fraction of sp³-hybridized carbons (Fsp3) is 0.500. The molecule has 0 radical (unpaired) electrons. The van der Waals surface area contributed by atoms with Crippen molar-refractivity contribution in [2.24, 2.45) is 0 Å². The van der Waals surface area contributed by atoms with Crippen LogP contribution in [0.4, 0.5) is 0 Å². The molecule has 1 aliphatic rings. The first-order valence-corrected chi connectivity index (χ1v) is 8.84. The van der Waals surface area contributed by atoms with Gasteiger partial charge in [0.1, 0.15) is 5.75 Å². The monoisotopic (exact) mass is 312 g/mol. The van der Waals surface area contributed by atoms with Crippen LogP contribution in [-0.4, -0.2) is 38.2 Å². The lowest BCUT2D eigenvalue weighted by atomic mass is 9.96. The third kappa shape index (κ3) is 3.85. The number of piperazine rings is 1. The van der Waals surface area contributed by atoms with Crippen LogP contribution in [0.2, 0.25) is 0 Å². The Kier molecular flexibility index (Phi) is 5.52. The lowest BCUT2D eigenvalue weighted by molar-refractivity contribution is 0.163. The minimum absolute atomic E-state index is 0.545. The van der Waals surface area contributed by atoms with Gasteiger partial charge in [-0.3, -0.25) is 4.90 Å². The summed E-state index contributed by atoms with van der Waals surface area (Å²) >= 11 is 0. The lowest BCUT2D eigenvalue weighted by Gasteiger charge is -2.35. The Bertz CT molecular complexity index is 635. The van der Waals surface area contributed by atoms with Crippen molar-refractivity contribution in [2.75, 3.05) is 33.3 Å². The van der Waals surface area contributed by atoms with Crippen LogP contribution in [0.3, 0.4) is 0 Å². The van der Waals surface area contributed by atoms with Crippen molar-refractivity contribution in [1.29, 1.82) is 0 Å². The number of nitrogens with one attached hydrogen (secondary N) is 1. The Morgan fingerprint density at radius 1 is 1.09 bits per heavy atom. The third-order valence-corrected chi connectivity index (χ3v) is 4.88. The highest BCUT2D eigenvalue weighted by atomic mass is 16.5. The number of ether oxygens (including phenoxy) is 1. The highest BCUT2D eigenvalue weighted by Crippen LogP contribution is 2.30. The number of nitrogens with zero attached hydrogens (tertiary/aromatic N) is 1. The fourth-order valence-electron chi connectivity index (χ4n) is 3.53. The molecule has 3 rings (SSSR count). The number of hydrogen-bond acceptors (Lipinski definition) is 3. The number of benzene rings is 2. The van der Waals surface area contributed by atoms with Crippen molar-refractivity contribution in [2.45, 2.75) is 32.2 Å². The standard InChI is InChI=1S/C20H28N2O/c1-3-4-5-20(22-12-10-21-11-13-22)18-7-6-17-15-19(23-2)9-8-16(17)14-18/h6-9,14-15,20-21H,3-5,10-13H2,1-2H3/t20-/m1/s1. The summed E-state index contributed by atoms with van der Waals surface area (Å²) < 4.78 is 5.33. The summed E-state index contributed by atoms with van der Waals surface area (Å²) in [5.41, 5.74) is 1.46. The van der Waals surface area contributed by atoms with E-state index in [1.54, 1.807) is 7.11 Å². The SMILES string of the molecule is CCCC[C@H](c1ccc2cc(OC)ccc2c1)N1CCNCC1. The Labute approximate surface area is 139 Å². The molecule has 0 aliphatic carbocycles. The van der Waals surface area contributed by atoms with E-state index in [1.807, 2.05) is 0 Å². The van der Waals surface area contributed by atoms with Crippen LogP contribution in [0.5, 0.6) is 5.75 Å². The minimum atomic E-state index is 0.545. The average molecular weight is 312 g/mol. The van der Waals surface area contributed by atoms with Crippen molar-refractivity contribution in [1.82, 2.24) is 10.2 Å².